The van der Waals surface area contributed by atoms with Gasteiger partial charge in [-0.15, -0.1) is 24.0 Å². The van der Waals surface area contributed by atoms with Crippen LogP contribution in [0.3, 0.4) is 0 Å². The maximum atomic E-state index is 5.54. The van der Waals surface area contributed by atoms with Gasteiger partial charge >= 0.3 is 0 Å². The molecule has 0 aliphatic rings. The summed E-state index contributed by atoms with van der Waals surface area (Å²) in [5.74, 6) is 2.29. The molecule has 2 aromatic rings. The van der Waals surface area contributed by atoms with Gasteiger partial charge in [0, 0.05) is 20.1 Å². The number of hydrogen-bond acceptors (Lipinski definition) is 3. The van der Waals surface area contributed by atoms with Gasteiger partial charge in [0.1, 0.15) is 0 Å². The Bertz CT molecular complexity index is 678. The minimum absolute atomic E-state index is 0. The number of methoxy groups -OCH3 is 1. The zero-order valence-corrected chi connectivity index (χ0v) is 17.9. The molecule has 5 nitrogen and oxygen atoms in total. The summed E-state index contributed by atoms with van der Waals surface area (Å²) < 4.78 is 10.9. The molecule has 142 valence electrons. The summed E-state index contributed by atoms with van der Waals surface area (Å²) in [6, 6.07) is 16.3. The smallest absolute Gasteiger partial charge is 0.191 e. The first-order valence-electron chi connectivity index (χ1n) is 8.55. The lowest BCUT2D eigenvalue weighted by molar-refractivity contribution is 0.310. The number of benzene rings is 2. The number of ether oxygens (including phenoxy) is 2. The van der Waals surface area contributed by atoms with Gasteiger partial charge in [0.05, 0.1) is 13.7 Å². The molecule has 0 saturated carbocycles. The molecule has 0 bridgehead atoms. The third kappa shape index (κ3) is 7.11. The average molecular weight is 469 g/mol. The van der Waals surface area contributed by atoms with Crippen molar-refractivity contribution in [2.75, 3.05) is 27.3 Å². The third-order valence-electron chi connectivity index (χ3n) is 3.76. The number of aliphatic imine (C=N–C) groups is 1. The van der Waals surface area contributed by atoms with Crippen LogP contribution in [-0.2, 0) is 13.0 Å². The molecule has 2 N–H and O–H groups in total. The van der Waals surface area contributed by atoms with Crippen LogP contribution in [0.15, 0.2) is 53.5 Å². The number of nitrogens with zero attached hydrogens (tertiary/aromatic N) is 1. The maximum absolute atomic E-state index is 5.54. The van der Waals surface area contributed by atoms with E-state index < -0.39 is 0 Å². The van der Waals surface area contributed by atoms with E-state index in [4.69, 9.17) is 9.47 Å². The largest absolute Gasteiger partial charge is 0.493 e. The van der Waals surface area contributed by atoms with Crippen molar-refractivity contribution in [3.05, 3.63) is 59.7 Å². The van der Waals surface area contributed by atoms with E-state index in [0.29, 0.717) is 13.2 Å². The van der Waals surface area contributed by atoms with Gasteiger partial charge in [-0.25, -0.2) is 0 Å². The maximum Gasteiger partial charge on any atom is 0.191 e. The SMILES string of the molecule is CCOc1ccc(CNC(=NC)NCCc2ccccc2)cc1OC.I. The summed E-state index contributed by atoms with van der Waals surface area (Å²) in [5, 5.41) is 6.65. The average Bonchev–Trinajstić information content (AvgIpc) is 2.66. The molecule has 2 aromatic carbocycles. The lowest BCUT2D eigenvalue weighted by Gasteiger charge is -2.14. The highest BCUT2D eigenvalue weighted by atomic mass is 127. The van der Waals surface area contributed by atoms with Crippen LogP contribution < -0.4 is 20.1 Å². The van der Waals surface area contributed by atoms with E-state index in [1.54, 1.807) is 14.2 Å². The van der Waals surface area contributed by atoms with E-state index in [9.17, 15) is 0 Å². The summed E-state index contributed by atoms with van der Waals surface area (Å²) in [4.78, 5) is 4.26. The Kier molecular flexibility index (Phi) is 10.5. The van der Waals surface area contributed by atoms with Crippen LogP contribution in [0.5, 0.6) is 11.5 Å². The van der Waals surface area contributed by atoms with Crippen molar-refractivity contribution in [3.8, 4) is 11.5 Å². The number of halogens is 1. The molecule has 0 spiro atoms. The quantitative estimate of drug-likeness (QED) is 0.353. The summed E-state index contributed by atoms with van der Waals surface area (Å²) in [5.41, 5.74) is 2.41. The molecule has 0 unspecified atom stereocenters. The Balaban J connectivity index is 0.00000338. The molecule has 0 aromatic heterocycles. The lowest BCUT2D eigenvalue weighted by atomic mass is 10.1. The van der Waals surface area contributed by atoms with Crippen LogP contribution in [0, 0.1) is 0 Å². The van der Waals surface area contributed by atoms with Crippen LogP contribution >= 0.6 is 24.0 Å². The van der Waals surface area contributed by atoms with E-state index in [0.717, 1.165) is 36.0 Å². The fraction of sp³-hybridized carbons (Fsp3) is 0.350. The van der Waals surface area contributed by atoms with Gasteiger partial charge in [0.2, 0.25) is 0 Å². The molecule has 0 amide bonds. The van der Waals surface area contributed by atoms with Gasteiger partial charge in [-0.3, -0.25) is 4.99 Å². The molecular formula is C20H28IN3O2. The third-order valence-corrected chi connectivity index (χ3v) is 3.76. The molecule has 0 aliphatic carbocycles. The minimum atomic E-state index is 0. The van der Waals surface area contributed by atoms with Gasteiger partial charge < -0.3 is 20.1 Å². The summed E-state index contributed by atoms with van der Waals surface area (Å²) in [6.07, 6.45) is 0.957. The highest BCUT2D eigenvalue weighted by Crippen LogP contribution is 2.27. The second-order valence-corrected chi connectivity index (χ2v) is 5.51. The number of guanidine groups is 1. The van der Waals surface area contributed by atoms with E-state index >= 15 is 0 Å². The summed E-state index contributed by atoms with van der Waals surface area (Å²) in [7, 11) is 3.43. The van der Waals surface area contributed by atoms with Crippen molar-refractivity contribution in [3.63, 3.8) is 0 Å². The summed E-state index contributed by atoms with van der Waals surface area (Å²) in [6.45, 7) is 4.07. The van der Waals surface area contributed by atoms with Gasteiger partial charge in [-0.1, -0.05) is 36.4 Å². The van der Waals surface area contributed by atoms with Crippen molar-refractivity contribution in [1.82, 2.24) is 10.6 Å². The number of nitrogens with one attached hydrogen (secondary N) is 2. The number of rotatable bonds is 8. The molecule has 2 rings (SSSR count). The topological polar surface area (TPSA) is 54.9 Å². The normalized spacial score (nSPS) is 10.7. The second-order valence-electron chi connectivity index (χ2n) is 5.51. The first kappa shape index (κ1) is 22.1. The molecule has 0 radical (unpaired) electrons. The Hall–Kier alpha value is -1.96. The van der Waals surface area contributed by atoms with Crippen molar-refractivity contribution >= 4 is 29.9 Å². The van der Waals surface area contributed by atoms with Crippen molar-refractivity contribution < 1.29 is 9.47 Å². The van der Waals surface area contributed by atoms with Crippen molar-refractivity contribution in [1.29, 1.82) is 0 Å². The van der Waals surface area contributed by atoms with Crippen molar-refractivity contribution in [2.24, 2.45) is 4.99 Å². The van der Waals surface area contributed by atoms with Crippen LogP contribution in [0.1, 0.15) is 18.1 Å². The molecule has 6 heteroatoms. The lowest BCUT2D eigenvalue weighted by Crippen LogP contribution is -2.37. The Labute approximate surface area is 173 Å². The molecule has 0 fully saturated rings. The molecule has 0 saturated heterocycles. The standard InChI is InChI=1S/C20H27N3O2.HI/c1-4-25-18-11-10-17(14-19(18)24-3)15-23-20(21-2)22-13-12-16-8-6-5-7-9-16;/h5-11,14H,4,12-13,15H2,1-3H3,(H2,21,22,23);1H. The van der Waals surface area contributed by atoms with Crippen molar-refractivity contribution in [2.45, 2.75) is 19.9 Å². The monoisotopic (exact) mass is 469 g/mol. The molecule has 26 heavy (non-hydrogen) atoms. The van der Waals surface area contributed by atoms with Crippen LogP contribution in [0.2, 0.25) is 0 Å². The van der Waals surface area contributed by atoms with E-state index in [2.05, 4.69) is 39.9 Å². The zero-order chi connectivity index (χ0) is 17.9. The first-order chi connectivity index (χ1) is 12.3. The fourth-order valence-corrected chi connectivity index (χ4v) is 2.47. The number of hydrogen-bond donors (Lipinski definition) is 2. The van der Waals surface area contributed by atoms with Gasteiger partial charge in [0.15, 0.2) is 17.5 Å². The van der Waals surface area contributed by atoms with E-state index in [1.165, 1.54) is 5.56 Å². The predicted molar refractivity (Wildman–Crippen MR) is 118 cm³/mol. The van der Waals surface area contributed by atoms with Crippen LogP contribution in [0.25, 0.3) is 0 Å². The molecular weight excluding hydrogens is 441 g/mol. The van der Waals surface area contributed by atoms with Gasteiger partial charge in [0.25, 0.3) is 0 Å². The molecule has 0 atom stereocenters. The summed E-state index contributed by atoms with van der Waals surface area (Å²) >= 11 is 0. The fourth-order valence-electron chi connectivity index (χ4n) is 2.47. The van der Waals surface area contributed by atoms with Gasteiger partial charge in [-0.2, -0.15) is 0 Å². The van der Waals surface area contributed by atoms with Gasteiger partial charge in [-0.05, 0) is 36.6 Å². The zero-order valence-electron chi connectivity index (χ0n) is 15.6. The molecule has 0 heterocycles. The highest BCUT2D eigenvalue weighted by molar-refractivity contribution is 14.0. The Morgan fingerprint density at radius 1 is 1.00 bits per heavy atom. The van der Waals surface area contributed by atoms with Crippen LogP contribution in [0.4, 0.5) is 0 Å². The van der Waals surface area contributed by atoms with Crippen LogP contribution in [-0.4, -0.2) is 33.3 Å². The Morgan fingerprint density at radius 3 is 2.42 bits per heavy atom. The molecule has 0 aliphatic heterocycles. The minimum Gasteiger partial charge on any atom is -0.493 e. The Morgan fingerprint density at radius 2 is 1.77 bits per heavy atom. The first-order valence-corrected chi connectivity index (χ1v) is 8.55. The predicted octanol–water partition coefficient (Wildman–Crippen LogP) is 3.62. The van der Waals surface area contributed by atoms with E-state index in [-0.39, 0.29) is 24.0 Å². The highest BCUT2D eigenvalue weighted by Gasteiger charge is 2.06. The van der Waals surface area contributed by atoms with E-state index in [1.807, 2.05) is 31.2 Å². The second kappa shape index (κ2) is 12.4.